The van der Waals surface area contributed by atoms with Crippen LogP contribution in [0.2, 0.25) is 0 Å². The van der Waals surface area contributed by atoms with E-state index in [0.717, 1.165) is 12.4 Å². The van der Waals surface area contributed by atoms with Gasteiger partial charge in [-0.1, -0.05) is 12.1 Å². The van der Waals surface area contributed by atoms with Crippen molar-refractivity contribution in [3.8, 4) is 5.75 Å². The standard InChI is InChI=1S/C11H14O/c1-9-5-4-7-11-10(9)6-2-3-8-12-11/h4-5,7H,2-3,6,8H2,1H3. The van der Waals surface area contributed by atoms with Crippen molar-refractivity contribution in [2.45, 2.75) is 26.2 Å². The molecule has 0 bridgehead atoms. The normalized spacial score (nSPS) is 16.1. The largest absolute Gasteiger partial charge is 0.493 e. The lowest BCUT2D eigenvalue weighted by atomic mass is 10.0. The molecule has 0 saturated heterocycles. The number of aryl methyl sites for hydroxylation is 1. The lowest BCUT2D eigenvalue weighted by Crippen LogP contribution is -1.95. The third-order valence-corrected chi connectivity index (χ3v) is 2.45. The highest BCUT2D eigenvalue weighted by atomic mass is 16.5. The molecule has 0 atom stereocenters. The molecular formula is C11H14O. The van der Waals surface area contributed by atoms with Crippen molar-refractivity contribution < 1.29 is 4.74 Å². The molecule has 0 aliphatic carbocycles. The van der Waals surface area contributed by atoms with Gasteiger partial charge >= 0.3 is 0 Å². The zero-order valence-electron chi connectivity index (χ0n) is 7.47. The van der Waals surface area contributed by atoms with Gasteiger partial charge in [0.25, 0.3) is 0 Å². The first-order valence-electron chi connectivity index (χ1n) is 4.59. The summed E-state index contributed by atoms with van der Waals surface area (Å²) in [5.74, 6) is 1.10. The number of fused-ring (bicyclic) bond motifs is 1. The van der Waals surface area contributed by atoms with Gasteiger partial charge in [-0.3, -0.25) is 0 Å². The molecule has 1 aliphatic heterocycles. The monoisotopic (exact) mass is 162 g/mol. The Morgan fingerprint density at radius 3 is 3.08 bits per heavy atom. The van der Waals surface area contributed by atoms with E-state index in [-0.39, 0.29) is 0 Å². The Labute approximate surface area is 73.4 Å². The Morgan fingerprint density at radius 1 is 1.25 bits per heavy atom. The summed E-state index contributed by atoms with van der Waals surface area (Å²) in [6.07, 6.45) is 3.63. The SMILES string of the molecule is Cc1cccc2c1CCCCO2. The summed E-state index contributed by atoms with van der Waals surface area (Å²) in [6, 6.07) is 6.31. The van der Waals surface area contributed by atoms with Gasteiger partial charge in [0.2, 0.25) is 0 Å². The Balaban J connectivity index is 2.42. The maximum Gasteiger partial charge on any atom is 0.122 e. The van der Waals surface area contributed by atoms with Crippen LogP contribution in [0, 0.1) is 6.92 Å². The van der Waals surface area contributed by atoms with Crippen LogP contribution in [0.15, 0.2) is 18.2 Å². The molecule has 0 aromatic heterocycles. The molecule has 0 radical (unpaired) electrons. The Hall–Kier alpha value is -0.980. The quantitative estimate of drug-likeness (QED) is 0.570. The number of ether oxygens (including phenoxy) is 1. The first-order valence-corrected chi connectivity index (χ1v) is 4.59. The van der Waals surface area contributed by atoms with E-state index in [4.69, 9.17) is 4.74 Å². The molecule has 1 heteroatoms. The molecule has 0 saturated carbocycles. The zero-order chi connectivity index (χ0) is 8.39. The van der Waals surface area contributed by atoms with Crippen molar-refractivity contribution in [2.75, 3.05) is 6.61 Å². The van der Waals surface area contributed by atoms with E-state index in [1.54, 1.807) is 0 Å². The zero-order valence-corrected chi connectivity index (χ0v) is 7.47. The smallest absolute Gasteiger partial charge is 0.122 e. The van der Waals surface area contributed by atoms with Gasteiger partial charge in [0.05, 0.1) is 6.61 Å². The highest BCUT2D eigenvalue weighted by Crippen LogP contribution is 2.26. The Bertz CT molecular complexity index is 278. The second-order valence-corrected chi connectivity index (χ2v) is 3.36. The molecule has 0 amide bonds. The summed E-state index contributed by atoms with van der Waals surface area (Å²) in [6.45, 7) is 3.05. The summed E-state index contributed by atoms with van der Waals surface area (Å²) in [7, 11) is 0. The molecule has 0 unspecified atom stereocenters. The summed E-state index contributed by atoms with van der Waals surface area (Å²) >= 11 is 0. The fourth-order valence-corrected chi connectivity index (χ4v) is 1.72. The molecule has 1 heterocycles. The van der Waals surface area contributed by atoms with Gasteiger partial charge in [-0.25, -0.2) is 0 Å². The van der Waals surface area contributed by atoms with Gasteiger partial charge in [-0.2, -0.15) is 0 Å². The minimum atomic E-state index is 0.885. The van der Waals surface area contributed by atoms with Crippen molar-refractivity contribution in [3.63, 3.8) is 0 Å². The van der Waals surface area contributed by atoms with Gasteiger partial charge in [0, 0.05) is 0 Å². The lowest BCUT2D eigenvalue weighted by molar-refractivity contribution is 0.317. The predicted octanol–water partition coefficient (Wildman–Crippen LogP) is 2.71. The second-order valence-electron chi connectivity index (χ2n) is 3.36. The van der Waals surface area contributed by atoms with Crippen molar-refractivity contribution in [1.29, 1.82) is 0 Å². The maximum absolute atomic E-state index is 5.63. The fraction of sp³-hybridized carbons (Fsp3) is 0.455. The molecule has 1 aromatic rings. The third kappa shape index (κ3) is 1.31. The lowest BCUT2D eigenvalue weighted by Gasteiger charge is -2.08. The summed E-state index contributed by atoms with van der Waals surface area (Å²) in [4.78, 5) is 0. The molecule has 0 fully saturated rings. The van der Waals surface area contributed by atoms with E-state index in [1.165, 1.54) is 30.4 Å². The highest BCUT2D eigenvalue weighted by molar-refractivity contribution is 5.40. The van der Waals surface area contributed by atoms with Crippen LogP contribution in [-0.2, 0) is 6.42 Å². The van der Waals surface area contributed by atoms with E-state index in [9.17, 15) is 0 Å². The number of benzene rings is 1. The van der Waals surface area contributed by atoms with Gasteiger partial charge in [-0.05, 0) is 43.4 Å². The molecule has 1 aromatic carbocycles. The average Bonchev–Trinajstić information content (AvgIpc) is 2.30. The van der Waals surface area contributed by atoms with Crippen LogP contribution in [0.1, 0.15) is 24.0 Å². The van der Waals surface area contributed by atoms with Crippen LogP contribution < -0.4 is 4.74 Å². The summed E-state index contributed by atoms with van der Waals surface area (Å²) < 4.78 is 5.63. The van der Waals surface area contributed by atoms with Crippen molar-refractivity contribution >= 4 is 0 Å². The summed E-state index contributed by atoms with van der Waals surface area (Å²) in [5, 5.41) is 0. The molecule has 2 rings (SSSR count). The predicted molar refractivity (Wildman–Crippen MR) is 49.6 cm³/mol. The molecule has 1 nitrogen and oxygen atoms in total. The average molecular weight is 162 g/mol. The van der Waals surface area contributed by atoms with E-state index in [1.807, 2.05) is 0 Å². The van der Waals surface area contributed by atoms with Gasteiger partial charge < -0.3 is 4.74 Å². The van der Waals surface area contributed by atoms with Crippen molar-refractivity contribution in [3.05, 3.63) is 29.3 Å². The second kappa shape index (κ2) is 3.18. The minimum Gasteiger partial charge on any atom is -0.493 e. The van der Waals surface area contributed by atoms with Crippen LogP contribution >= 0.6 is 0 Å². The first-order chi connectivity index (χ1) is 5.88. The van der Waals surface area contributed by atoms with Crippen molar-refractivity contribution in [2.24, 2.45) is 0 Å². The fourth-order valence-electron chi connectivity index (χ4n) is 1.72. The van der Waals surface area contributed by atoms with Crippen LogP contribution in [0.4, 0.5) is 0 Å². The number of hydrogen-bond acceptors (Lipinski definition) is 1. The molecule has 0 N–H and O–H groups in total. The van der Waals surface area contributed by atoms with Crippen LogP contribution in [0.5, 0.6) is 5.75 Å². The molecule has 1 aliphatic rings. The summed E-state index contributed by atoms with van der Waals surface area (Å²) in [5.41, 5.74) is 2.78. The van der Waals surface area contributed by atoms with Crippen LogP contribution in [0.25, 0.3) is 0 Å². The van der Waals surface area contributed by atoms with Crippen LogP contribution in [-0.4, -0.2) is 6.61 Å². The van der Waals surface area contributed by atoms with Gasteiger partial charge in [0.15, 0.2) is 0 Å². The van der Waals surface area contributed by atoms with Gasteiger partial charge in [0.1, 0.15) is 5.75 Å². The van der Waals surface area contributed by atoms with Gasteiger partial charge in [-0.15, -0.1) is 0 Å². The van der Waals surface area contributed by atoms with E-state index in [2.05, 4.69) is 25.1 Å². The maximum atomic E-state index is 5.63. The van der Waals surface area contributed by atoms with Crippen LogP contribution in [0.3, 0.4) is 0 Å². The number of rotatable bonds is 0. The molecule has 0 spiro atoms. The topological polar surface area (TPSA) is 9.23 Å². The molecule has 12 heavy (non-hydrogen) atoms. The van der Waals surface area contributed by atoms with E-state index < -0.39 is 0 Å². The van der Waals surface area contributed by atoms with Crippen molar-refractivity contribution in [1.82, 2.24) is 0 Å². The third-order valence-electron chi connectivity index (χ3n) is 2.45. The van der Waals surface area contributed by atoms with E-state index in [0.29, 0.717) is 0 Å². The number of hydrogen-bond donors (Lipinski definition) is 0. The molecular weight excluding hydrogens is 148 g/mol. The highest BCUT2D eigenvalue weighted by Gasteiger charge is 2.09. The minimum absolute atomic E-state index is 0.885. The van der Waals surface area contributed by atoms with E-state index >= 15 is 0 Å². The first kappa shape index (κ1) is 7.66. The Kier molecular flexibility index (Phi) is 2.03. The molecule has 64 valence electrons. The Morgan fingerprint density at radius 2 is 2.17 bits per heavy atom.